The molecule has 2 N–H and O–H groups in total. The number of amides is 1. The van der Waals surface area contributed by atoms with Gasteiger partial charge in [0.15, 0.2) is 0 Å². The van der Waals surface area contributed by atoms with Crippen molar-refractivity contribution in [1.82, 2.24) is 9.03 Å². The Bertz CT molecular complexity index is 395. The van der Waals surface area contributed by atoms with E-state index in [9.17, 15) is 18.3 Å². The standard InChI is InChI=1S/C10H20N2O5S/c1-7(2)17-10(14)11-18(15,16)12-5-4-8(3)9(12)6-13/h7-9,13H,4-6H2,1-3H3,(H,11,14). The molecule has 1 aliphatic heterocycles. The maximum absolute atomic E-state index is 11.9. The van der Waals surface area contributed by atoms with Gasteiger partial charge in [-0.05, 0) is 26.2 Å². The third-order valence-electron chi connectivity index (χ3n) is 2.88. The minimum absolute atomic E-state index is 0.0627. The van der Waals surface area contributed by atoms with Crippen molar-refractivity contribution < 1.29 is 23.1 Å². The normalized spacial score (nSPS) is 25.4. The van der Waals surface area contributed by atoms with Crippen molar-refractivity contribution >= 4 is 16.3 Å². The molecular weight excluding hydrogens is 260 g/mol. The molecule has 1 amide bonds. The van der Waals surface area contributed by atoms with Gasteiger partial charge in [-0.15, -0.1) is 0 Å². The summed E-state index contributed by atoms with van der Waals surface area (Å²) in [6.07, 6.45) is -0.738. The van der Waals surface area contributed by atoms with Crippen LogP contribution in [0.2, 0.25) is 0 Å². The Labute approximate surface area is 107 Å². The van der Waals surface area contributed by atoms with Gasteiger partial charge in [-0.2, -0.15) is 12.7 Å². The van der Waals surface area contributed by atoms with Crippen LogP contribution < -0.4 is 4.72 Å². The molecular formula is C10H20N2O5S. The van der Waals surface area contributed by atoms with Gasteiger partial charge in [0.05, 0.1) is 18.8 Å². The third-order valence-corrected chi connectivity index (χ3v) is 4.38. The number of hydrogen-bond donors (Lipinski definition) is 2. The Balaban J connectivity index is 2.72. The van der Waals surface area contributed by atoms with Gasteiger partial charge >= 0.3 is 16.3 Å². The molecule has 106 valence electrons. The number of carbonyl (C=O) groups is 1. The van der Waals surface area contributed by atoms with Crippen LogP contribution in [0.3, 0.4) is 0 Å². The summed E-state index contributed by atoms with van der Waals surface area (Å²) in [5.41, 5.74) is 0. The van der Waals surface area contributed by atoms with E-state index in [1.807, 2.05) is 11.6 Å². The number of ether oxygens (including phenoxy) is 1. The second-order valence-corrected chi connectivity index (χ2v) is 6.31. The first-order valence-corrected chi connectivity index (χ1v) is 7.33. The molecule has 2 unspecified atom stereocenters. The topological polar surface area (TPSA) is 95.9 Å². The first-order chi connectivity index (χ1) is 8.27. The fourth-order valence-electron chi connectivity index (χ4n) is 1.94. The van der Waals surface area contributed by atoms with E-state index >= 15 is 0 Å². The smallest absolute Gasteiger partial charge is 0.422 e. The molecule has 0 bridgehead atoms. The van der Waals surface area contributed by atoms with Gasteiger partial charge in [0.25, 0.3) is 0 Å². The van der Waals surface area contributed by atoms with E-state index in [2.05, 4.69) is 0 Å². The highest BCUT2D eigenvalue weighted by Crippen LogP contribution is 2.25. The predicted octanol–water partition coefficient (Wildman–Crippen LogP) is 0.0685. The average molecular weight is 280 g/mol. The number of nitrogens with zero attached hydrogens (tertiary/aromatic N) is 1. The summed E-state index contributed by atoms with van der Waals surface area (Å²) < 4.78 is 31.6. The lowest BCUT2D eigenvalue weighted by Crippen LogP contribution is -2.48. The van der Waals surface area contributed by atoms with Gasteiger partial charge in [-0.25, -0.2) is 9.52 Å². The Morgan fingerprint density at radius 3 is 2.67 bits per heavy atom. The van der Waals surface area contributed by atoms with Gasteiger partial charge in [0, 0.05) is 6.54 Å². The van der Waals surface area contributed by atoms with Gasteiger partial charge in [-0.1, -0.05) is 6.92 Å². The summed E-state index contributed by atoms with van der Waals surface area (Å²) in [7, 11) is -3.95. The second kappa shape index (κ2) is 5.85. The average Bonchev–Trinajstić information content (AvgIpc) is 2.57. The number of hydrogen-bond acceptors (Lipinski definition) is 5. The maximum Gasteiger partial charge on any atom is 0.422 e. The summed E-state index contributed by atoms with van der Waals surface area (Å²) in [5, 5.41) is 9.20. The minimum atomic E-state index is -3.95. The molecule has 1 rings (SSSR count). The Kier molecular flexibility index (Phi) is 4.94. The number of rotatable bonds is 4. The molecule has 0 aromatic carbocycles. The predicted molar refractivity (Wildman–Crippen MR) is 65.0 cm³/mol. The lowest BCUT2D eigenvalue weighted by molar-refractivity contribution is 0.120. The molecule has 0 aliphatic carbocycles. The van der Waals surface area contributed by atoms with Crippen LogP contribution in [0.4, 0.5) is 4.79 Å². The van der Waals surface area contributed by atoms with Gasteiger partial charge in [0.1, 0.15) is 0 Å². The molecule has 18 heavy (non-hydrogen) atoms. The van der Waals surface area contributed by atoms with Crippen molar-refractivity contribution in [2.45, 2.75) is 39.3 Å². The molecule has 7 nitrogen and oxygen atoms in total. The Morgan fingerprint density at radius 1 is 1.56 bits per heavy atom. The van der Waals surface area contributed by atoms with Crippen LogP contribution in [-0.2, 0) is 14.9 Å². The molecule has 0 saturated carbocycles. The van der Waals surface area contributed by atoms with Crippen molar-refractivity contribution in [3.63, 3.8) is 0 Å². The van der Waals surface area contributed by atoms with E-state index in [-0.39, 0.29) is 19.1 Å². The quantitative estimate of drug-likeness (QED) is 0.759. The van der Waals surface area contributed by atoms with Crippen LogP contribution in [0.1, 0.15) is 27.2 Å². The summed E-state index contributed by atoms with van der Waals surface area (Å²) in [6, 6.07) is -0.491. The van der Waals surface area contributed by atoms with E-state index < -0.39 is 28.4 Å². The largest absolute Gasteiger partial charge is 0.446 e. The zero-order valence-electron chi connectivity index (χ0n) is 10.8. The number of nitrogens with one attached hydrogen (secondary N) is 1. The zero-order valence-corrected chi connectivity index (χ0v) is 11.6. The van der Waals surface area contributed by atoms with Gasteiger partial charge in [-0.3, -0.25) is 0 Å². The van der Waals surface area contributed by atoms with Crippen molar-refractivity contribution in [3.8, 4) is 0 Å². The molecule has 0 radical (unpaired) electrons. The molecule has 0 spiro atoms. The minimum Gasteiger partial charge on any atom is -0.446 e. The van der Waals surface area contributed by atoms with Crippen LogP contribution in [0, 0.1) is 5.92 Å². The summed E-state index contributed by atoms with van der Waals surface area (Å²) in [4.78, 5) is 11.3. The van der Waals surface area contributed by atoms with Crippen LogP contribution in [0.5, 0.6) is 0 Å². The van der Waals surface area contributed by atoms with E-state index in [1.165, 1.54) is 0 Å². The van der Waals surface area contributed by atoms with E-state index in [0.29, 0.717) is 6.42 Å². The van der Waals surface area contributed by atoms with Crippen LogP contribution in [-0.4, -0.2) is 49.2 Å². The van der Waals surface area contributed by atoms with E-state index in [4.69, 9.17) is 4.74 Å². The first kappa shape index (κ1) is 15.2. The summed E-state index contributed by atoms with van der Waals surface area (Å²) >= 11 is 0. The van der Waals surface area contributed by atoms with E-state index in [0.717, 1.165) is 4.31 Å². The highest BCUT2D eigenvalue weighted by atomic mass is 32.2. The molecule has 8 heteroatoms. The van der Waals surface area contributed by atoms with Crippen molar-refractivity contribution in [1.29, 1.82) is 0 Å². The lowest BCUT2D eigenvalue weighted by atomic mass is 10.0. The molecule has 0 aromatic rings. The van der Waals surface area contributed by atoms with Crippen LogP contribution >= 0.6 is 0 Å². The highest BCUT2D eigenvalue weighted by molar-refractivity contribution is 7.87. The third kappa shape index (κ3) is 3.56. The number of carbonyl (C=O) groups excluding carboxylic acids is 1. The highest BCUT2D eigenvalue weighted by Gasteiger charge is 2.39. The molecule has 1 fully saturated rings. The van der Waals surface area contributed by atoms with Crippen LogP contribution in [0.15, 0.2) is 0 Å². The van der Waals surface area contributed by atoms with Crippen molar-refractivity contribution in [2.24, 2.45) is 5.92 Å². The summed E-state index contributed by atoms with van der Waals surface area (Å²) in [6.45, 7) is 5.14. The molecule has 1 aliphatic rings. The number of aliphatic hydroxyl groups excluding tert-OH is 1. The monoisotopic (exact) mass is 280 g/mol. The lowest BCUT2D eigenvalue weighted by Gasteiger charge is -2.24. The van der Waals surface area contributed by atoms with Crippen molar-refractivity contribution in [3.05, 3.63) is 0 Å². The Hall–Kier alpha value is -0.860. The molecule has 0 aromatic heterocycles. The molecule has 1 heterocycles. The SMILES string of the molecule is CC(C)OC(=O)NS(=O)(=O)N1CCC(C)C1CO. The Morgan fingerprint density at radius 2 is 2.17 bits per heavy atom. The number of aliphatic hydroxyl groups is 1. The van der Waals surface area contributed by atoms with Gasteiger partial charge in [0.2, 0.25) is 0 Å². The van der Waals surface area contributed by atoms with Crippen molar-refractivity contribution in [2.75, 3.05) is 13.2 Å². The fraction of sp³-hybridized carbons (Fsp3) is 0.900. The first-order valence-electron chi connectivity index (χ1n) is 5.89. The van der Waals surface area contributed by atoms with Crippen LogP contribution in [0.25, 0.3) is 0 Å². The van der Waals surface area contributed by atoms with E-state index in [1.54, 1.807) is 13.8 Å². The second-order valence-electron chi connectivity index (χ2n) is 4.69. The molecule has 1 saturated heterocycles. The molecule has 2 atom stereocenters. The maximum atomic E-state index is 11.9. The van der Waals surface area contributed by atoms with Gasteiger partial charge < -0.3 is 9.84 Å². The zero-order chi connectivity index (χ0) is 13.9. The summed E-state index contributed by atoms with van der Waals surface area (Å²) in [5.74, 6) is 0.0627. The fourth-order valence-corrected chi connectivity index (χ4v) is 3.30.